The second-order valence-corrected chi connectivity index (χ2v) is 8.46. The molecule has 0 unspecified atom stereocenters. The van der Waals surface area contributed by atoms with Crippen molar-refractivity contribution in [2.75, 3.05) is 13.1 Å². The lowest BCUT2D eigenvalue weighted by atomic mass is 9.97. The molecule has 1 fully saturated rings. The van der Waals surface area contributed by atoms with Gasteiger partial charge in [-0.3, -0.25) is 4.79 Å². The molecule has 1 atom stereocenters. The van der Waals surface area contributed by atoms with Gasteiger partial charge >= 0.3 is 0 Å². The standard InChI is InChI=1S/C23H22N4OS/c28-22(14-17-6-2-1-3-7-17)26-12-4-8-19(15-26)23-24-21-11-10-18(16-27(21)25-23)20-9-5-13-29-20/h1-3,5-7,9-11,13,16,19H,4,8,12,14-15H2/t19-/m1/s1. The Morgan fingerprint density at radius 3 is 2.83 bits per heavy atom. The van der Waals surface area contributed by atoms with Gasteiger partial charge in [0, 0.05) is 35.6 Å². The summed E-state index contributed by atoms with van der Waals surface area (Å²) in [5.41, 5.74) is 3.06. The van der Waals surface area contributed by atoms with Crippen LogP contribution in [0.25, 0.3) is 16.1 Å². The van der Waals surface area contributed by atoms with Crippen molar-refractivity contribution in [3.8, 4) is 10.4 Å². The topological polar surface area (TPSA) is 50.5 Å². The fraction of sp³-hybridized carbons (Fsp3) is 0.261. The Labute approximate surface area is 173 Å². The van der Waals surface area contributed by atoms with Crippen LogP contribution in [0.2, 0.25) is 0 Å². The first kappa shape index (κ1) is 18.1. The molecule has 1 aliphatic rings. The number of hydrogen-bond donors (Lipinski definition) is 0. The van der Waals surface area contributed by atoms with Crippen LogP contribution in [0.5, 0.6) is 0 Å². The van der Waals surface area contributed by atoms with E-state index in [9.17, 15) is 4.79 Å². The van der Waals surface area contributed by atoms with Crippen LogP contribution >= 0.6 is 11.3 Å². The van der Waals surface area contributed by atoms with Crippen molar-refractivity contribution in [3.05, 3.63) is 77.6 Å². The van der Waals surface area contributed by atoms with Crippen LogP contribution in [0, 0.1) is 0 Å². The molecule has 0 saturated carbocycles. The van der Waals surface area contributed by atoms with E-state index < -0.39 is 0 Å². The minimum atomic E-state index is 0.185. The molecule has 146 valence electrons. The number of rotatable bonds is 4. The summed E-state index contributed by atoms with van der Waals surface area (Å²) in [7, 11) is 0. The third-order valence-electron chi connectivity index (χ3n) is 5.49. The Bertz CT molecular complexity index is 1120. The first-order valence-corrected chi connectivity index (χ1v) is 10.9. The first-order chi connectivity index (χ1) is 14.3. The lowest BCUT2D eigenvalue weighted by Gasteiger charge is -2.31. The Kier molecular flexibility index (Phi) is 4.86. The normalized spacial score (nSPS) is 17.0. The summed E-state index contributed by atoms with van der Waals surface area (Å²) in [5, 5.41) is 6.84. The monoisotopic (exact) mass is 402 g/mol. The lowest BCUT2D eigenvalue weighted by molar-refractivity contribution is -0.131. The third kappa shape index (κ3) is 3.80. The van der Waals surface area contributed by atoms with Crippen molar-refractivity contribution in [2.45, 2.75) is 25.2 Å². The van der Waals surface area contributed by atoms with E-state index in [2.05, 4.69) is 23.6 Å². The number of hydrogen-bond acceptors (Lipinski definition) is 4. The number of amides is 1. The predicted molar refractivity (Wildman–Crippen MR) is 115 cm³/mol. The van der Waals surface area contributed by atoms with E-state index in [1.807, 2.05) is 52.0 Å². The fourth-order valence-electron chi connectivity index (χ4n) is 3.96. The maximum Gasteiger partial charge on any atom is 0.227 e. The number of benzene rings is 1. The number of aromatic nitrogens is 3. The summed E-state index contributed by atoms with van der Waals surface area (Å²) >= 11 is 1.72. The number of nitrogens with zero attached hydrogens (tertiary/aromatic N) is 4. The van der Waals surface area contributed by atoms with Crippen molar-refractivity contribution in [1.29, 1.82) is 0 Å². The number of carbonyl (C=O) groups excluding carboxylic acids is 1. The first-order valence-electron chi connectivity index (χ1n) is 9.98. The summed E-state index contributed by atoms with van der Waals surface area (Å²) in [5.74, 6) is 1.21. The Morgan fingerprint density at radius 1 is 1.10 bits per heavy atom. The van der Waals surface area contributed by atoms with Gasteiger partial charge < -0.3 is 4.90 Å². The van der Waals surface area contributed by atoms with Crippen LogP contribution < -0.4 is 0 Å². The highest BCUT2D eigenvalue weighted by Crippen LogP contribution is 2.28. The average molecular weight is 403 g/mol. The summed E-state index contributed by atoms with van der Waals surface area (Å²) < 4.78 is 1.87. The number of thiophene rings is 1. The SMILES string of the molecule is O=C(Cc1ccccc1)N1CCC[C@@H](c2nc3ccc(-c4cccs4)cn3n2)C1. The number of piperidine rings is 1. The quantitative estimate of drug-likeness (QED) is 0.508. The van der Waals surface area contributed by atoms with Gasteiger partial charge in [0.2, 0.25) is 5.91 Å². The van der Waals surface area contributed by atoms with E-state index >= 15 is 0 Å². The summed E-state index contributed by atoms with van der Waals surface area (Å²) in [6.07, 6.45) is 4.50. The molecule has 1 aliphatic heterocycles. The van der Waals surface area contributed by atoms with Gasteiger partial charge in [-0.1, -0.05) is 36.4 Å². The average Bonchev–Trinajstić information content (AvgIpc) is 3.44. The largest absolute Gasteiger partial charge is 0.342 e. The van der Waals surface area contributed by atoms with Crippen LogP contribution in [-0.4, -0.2) is 38.5 Å². The van der Waals surface area contributed by atoms with Gasteiger partial charge in [-0.05, 0) is 42.0 Å². The summed E-state index contributed by atoms with van der Waals surface area (Å²) in [6.45, 7) is 1.51. The molecular formula is C23H22N4OS. The molecule has 1 amide bonds. The van der Waals surface area contributed by atoms with Gasteiger partial charge in [-0.2, -0.15) is 5.10 Å². The van der Waals surface area contributed by atoms with Gasteiger partial charge in [0.05, 0.1) is 6.42 Å². The van der Waals surface area contributed by atoms with E-state index in [1.54, 1.807) is 11.3 Å². The second-order valence-electron chi connectivity index (χ2n) is 7.51. The van der Waals surface area contributed by atoms with Crippen molar-refractivity contribution < 1.29 is 4.79 Å². The van der Waals surface area contributed by atoms with Gasteiger partial charge in [0.15, 0.2) is 11.5 Å². The number of likely N-dealkylation sites (tertiary alicyclic amines) is 1. The molecule has 0 radical (unpaired) electrons. The molecule has 1 saturated heterocycles. The van der Waals surface area contributed by atoms with Gasteiger partial charge in [-0.25, -0.2) is 9.50 Å². The zero-order valence-electron chi connectivity index (χ0n) is 16.1. The summed E-state index contributed by atoms with van der Waals surface area (Å²) in [6, 6.07) is 18.2. The molecular weight excluding hydrogens is 380 g/mol. The van der Waals surface area contributed by atoms with Crippen LogP contribution in [0.4, 0.5) is 0 Å². The molecule has 0 aliphatic carbocycles. The van der Waals surface area contributed by atoms with Crippen molar-refractivity contribution >= 4 is 22.9 Å². The molecule has 4 heterocycles. The van der Waals surface area contributed by atoms with E-state index in [0.29, 0.717) is 13.0 Å². The van der Waals surface area contributed by atoms with E-state index in [-0.39, 0.29) is 11.8 Å². The maximum atomic E-state index is 12.8. The molecule has 29 heavy (non-hydrogen) atoms. The third-order valence-corrected chi connectivity index (χ3v) is 6.41. The smallest absolute Gasteiger partial charge is 0.227 e. The van der Waals surface area contributed by atoms with Crippen molar-refractivity contribution in [3.63, 3.8) is 0 Å². The molecule has 3 aromatic heterocycles. The molecule has 0 bridgehead atoms. The Morgan fingerprint density at radius 2 is 2.00 bits per heavy atom. The van der Waals surface area contributed by atoms with Crippen molar-refractivity contribution in [1.82, 2.24) is 19.5 Å². The van der Waals surface area contributed by atoms with Crippen LogP contribution in [-0.2, 0) is 11.2 Å². The van der Waals surface area contributed by atoms with Crippen LogP contribution in [0.1, 0.15) is 30.1 Å². The van der Waals surface area contributed by atoms with E-state index in [4.69, 9.17) is 10.1 Å². The molecule has 1 aromatic carbocycles. The highest BCUT2D eigenvalue weighted by atomic mass is 32.1. The predicted octanol–water partition coefficient (Wildman–Crippen LogP) is 4.41. The van der Waals surface area contributed by atoms with E-state index in [0.717, 1.165) is 42.0 Å². The number of carbonyl (C=O) groups is 1. The fourth-order valence-corrected chi connectivity index (χ4v) is 4.68. The maximum absolute atomic E-state index is 12.8. The molecule has 5 rings (SSSR count). The molecule has 4 aromatic rings. The second kappa shape index (κ2) is 7.79. The van der Waals surface area contributed by atoms with Gasteiger partial charge in [-0.15, -0.1) is 11.3 Å². The number of fused-ring (bicyclic) bond motifs is 1. The molecule has 5 nitrogen and oxygen atoms in total. The van der Waals surface area contributed by atoms with Crippen LogP contribution in [0.15, 0.2) is 66.2 Å². The van der Waals surface area contributed by atoms with Gasteiger partial charge in [0.1, 0.15) is 0 Å². The summed E-state index contributed by atoms with van der Waals surface area (Å²) in [4.78, 5) is 20.7. The minimum absolute atomic E-state index is 0.185. The molecule has 0 spiro atoms. The Hall–Kier alpha value is -2.99. The molecule has 6 heteroatoms. The minimum Gasteiger partial charge on any atom is -0.342 e. The highest BCUT2D eigenvalue weighted by Gasteiger charge is 2.27. The zero-order valence-corrected chi connectivity index (χ0v) is 16.9. The zero-order chi connectivity index (χ0) is 19.6. The van der Waals surface area contributed by atoms with Gasteiger partial charge in [0.25, 0.3) is 0 Å². The Balaban J connectivity index is 1.33. The lowest BCUT2D eigenvalue weighted by Crippen LogP contribution is -2.40. The highest BCUT2D eigenvalue weighted by molar-refractivity contribution is 7.13. The van der Waals surface area contributed by atoms with E-state index in [1.165, 1.54) is 4.88 Å². The van der Waals surface area contributed by atoms with Crippen LogP contribution in [0.3, 0.4) is 0 Å². The molecule has 0 N–H and O–H groups in total. The number of pyridine rings is 1. The van der Waals surface area contributed by atoms with Crippen molar-refractivity contribution in [2.24, 2.45) is 0 Å².